The molecule has 8 heteroatoms. The summed E-state index contributed by atoms with van der Waals surface area (Å²) in [5.41, 5.74) is 2.43. The first-order chi connectivity index (χ1) is 15.8. The smallest absolute Gasteiger partial charge is 0.335 e. The fourth-order valence-electron chi connectivity index (χ4n) is 3.47. The number of carbonyl (C=O) groups excluding carboxylic acids is 3. The van der Waals surface area contributed by atoms with E-state index in [-0.39, 0.29) is 5.57 Å². The maximum Gasteiger partial charge on any atom is 0.335 e. The molecule has 33 heavy (non-hydrogen) atoms. The van der Waals surface area contributed by atoms with Crippen LogP contribution in [0.3, 0.4) is 0 Å². The minimum absolute atomic E-state index is 0.161. The van der Waals surface area contributed by atoms with E-state index in [1.807, 2.05) is 26.8 Å². The number of amides is 4. The van der Waals surface area contributed by atoms with Crippen molar-refractivity contribution in [2.75, 3.05) is 18.1 Å². The number of rotatable bonds is 8. The van der Waals surface area contributed by atoms with Crippen LogP contribution in [0.15, 0.2) is 53.0 Å². The highest BCUT2D eigenvalue weighted by Crippen LogP contribution is 2.35. The lowest BCUT2D eigenvalue weighted by molar-refractivity contribution is -0.122. The molecule has 1 aliphatic rings. The minimum atomic E-state index is -0.794. The van der Waals surface area contributed by atoms with Crippen LogP contribution in [0, 0.1) is 6.92 Å². The summed E-state index contributed by atoms with van der Waals surface area (Å²) in [5.74, 6) is -0.358. The first kappa shape index (κ1) is 24.3. The maximum atomic E-state index is 13.2. The third-order valence-corrected chi connectivity index (χ3v) is 5.81. The zero-order valence-electron chi connectivity index (χ0n) is 18.7. The summed E-state index contributed by atoms with van der Waals surface area (Å²) < 4.78 is 12.4. The molecule has 172 valence electrons. The van der Waals surface area contributed by atoms with Crippen molar-refractivity contribution >= 4 is 45.5 Å². The molecule has 0 saturated carbocycles. The molecule has 2 aromatic carbocycles. The zero-order chi connectivity index (χ0) is 24.1. The van der Waals surface area contributed by atoms with Crippen LogP contribution in [0.5, 0.6) is 11.5 Å². The number of hydrogen-bond acceptors (Lipinski definition) is 5. The van der Waals surface area contributed by atoms with Crippen LogP contribution in [0.2, 0.25) is 0 Å². The molecule has 7 nitrogen and oxygen atoms in total. The number of hydrogen-bond donors (Lipinski definition) is 1. The predicted molar refractivity (Wildman–Crippen MR) is 131 cm³/mol. The van der Waals surface area contributed by atoms with Crippen molar-refractivity contribution in [3.63, 3.8) is 0 Å². The Morgan fingerprint density at radius 3 is 2.45 bits per heavy atom. The van der Waals surface area contributed by atoms with Gasteiger partial charge in [-0.25, -0.2) is 9.69 Å². The molecule has 2 aromatic rings. The summed E-state index contributed by atoms with van der Waals surface area (Å²) in [7, 11) is 0. The molecular weight excluding hydrogens is 488 g/mol. The SMILES string of the molecule is C=CCc1cc(/C=C2\C(=O)NC(=O)N(c3ccc(Br)c(C)c3)C2=O)cc(OCC)c1OCC. The summed E-state index contributed by atoms with van der Waals surface area (Å²) in [4.78, 5) is 39.3. The highest BCUT2D eigenvalue weighted by Gasteiger charge is 2.37. The van der Waals surface area contributed by atoms with Crippen LogP contribution in [0.25, 0.3) is 6.08 Å². The van der Waals surface area contributed by atoms with E-state index < -0.39 is 17.8 Å². The number of benzene rings is 2. The number of barbiturate groups is 1. The minimum Gasteiger partial charge on any atom is -0.490 e. The van der Waals surface area contributed by atoms with Gasteiger partial charge in [0.15, 0.2) is 11.5 Å². The highest BCUT2D eigenvalue weighted by atomic mass is 79.9. The van der Waals surface area contributed by atoms with Crippen molar-refractivity contribution < 1.29 is 23.9 Å². The molecule has 0 unspecified atom stereocenters. The molecule has 3 rings (SSSR count). The van der Waals surface area contributed by atoms with Crippen LogP contribution in [0.1, 0.15) is 30.5 Å². The summed E-state index contributed by atoms with van der Waals surface area (Å²) in [6.45, 7) is 10.2. The third kappa shape index (κ3) is 5.17. The van der Waals surface area contributed by atoms with Gasteiger partial charge in [-0.1, -0.05) is 22.0 Å². The van der Waals surface area contributed by atoms with E-state index in [4.69, 9.17) is 9.47 Å². The monoisotopic (exact) mass is 512 g/mol. The number of allylic oxidation sites excluding steroid dienone is 1. The number of nitrogens with zero attached hydrogens (tertiary/aromatic N) is 1. The molecule has 0 atom stereocenters. The normalized spacial score (nSPS) is 15.0. The second-order valence-corrected chi connectivity index (χ2v) is 8.11. The Kier molecular flexibility index (Phi) is 7.71. The molecule has 1 aliphatic heterocycles. The average Bonchev–Trinajstić information content (AvgIpc) is 2.76. The van der Waals surface area contributed by atoms with Crippen LogP contribution >= 0.6 is 15.9 Å². The van der Waals surface area contributed by atoms with Gasteiger partial charge in [-0.05, 0) is 74.7 Å². The van der Waals surface area contributed by atoms with E-state index in [1.165, 1.54) is 6.08 Å². The lowest BCUT2D eigenvalue weighted by Crippen LogP contribution is -2.54. The first-order valence-corrected chi connectivity index (χ1v) is 11.3. The van der Waals surface area contributed by atoms with Gasteiger partial charge < -0.3 is 9.47 Å². The van der Waals surface area contributed by atoms with E-state index in [0.29, 0.717) is 42.4 Å². The van der Waals surface area contributed by atoms with Gasteiger partial charge in [-0.15, -0.1) is 6.58 Å². The Morgan fingerprint density at radius 2 is 1.82 bits per heavy atom. The topological polar surface area (TPSA) is 84.9 Å². The lowest BCUT2D eigenvalue weighted by Gasteiger charge is -2.27. The largest absolute Gasteiger partial charge is 0.490 e. The standard InChI is InChI=1S/C25H25BrN2O5/c1-5-8-17-12-16(14-21(32-6-2)22(17)33-7-3)13-19-23(29)27-25(31)28(24(19)30)18-9-10-20(26)15(4)11-18/h5,9-14H,1,6-8H2,2-4H3,(H,27,29,31)/b19-13+. The van der Waals surface area contributed by atoms with Crippen molar-refractivity contribution in [2.45, 2.75) is 27.2 Å². The Bertz CT molecular complexity index is 1160. The average molecular weight is 513 g/mol. The van der Waals surface area contributed by atoms with Gasteiger partial charge in [-0.3, -0.25) is 14.9 Å². The molecule has 1 N–H and O–H groups in total. The molecule has 0 radical (unpaired) electrons. The van der Waals surface area contributed by atoms with Gasteiger partial charge in [0.1, 0.15) is 5.57 Å². The number of carbonyl (C=O) groups is 3. The predicted octanol–water partition coefficient (Wildman–Crippen LogP) is 4.95. The molecule has 4 amide bonds. The molecule has 1 heterocycles. The number of halogens is 1. The quantitative estimate of drug-likeness (QED) is 0.307. The molecule has 0 bridgehead atoms. The highest BCUT2D eigenvalue weighted by molar-refractivity contribution is 9.10. The van der Waals surface area contributed by atoms with Gasteiger partial charge >= 0.3 is 6.03 Å². The number of anilines is 1. The second-order valence-electron chi connectivity index (χ2n) is 7.26. The Labute approximate surface area is 201 Å². The second kappa shape index (κ2) is 10.5. The van der Waals surface area contributed by atoms with Crippen LogP contribution < -0.4 is 19.7 Å². The molecule has 1 saturated heterocycles. The third-order valence-electron chi connectivity index (χ3n) is 4.92. The number of urea groups is 1. The van der Waals surface area contributed by atoms with Gasteiger partial charge in [0, 0.05) is 10.0 Å². The van der Waals surface area contributed by atoms with E-state index >= 15 is 0 Å². The maximum absolute atomic E-state index is 13.2. The molecule has 0 aliphatic carbocycles. The molecular formula is C25H25BrN2O5. The van der Waals surface area contributed by atoms with Crippen molar-refractivity contribution in [3.05, 3.63) is 69.7 Å². The number of aryl methyl sites for hydroxylation is 1. The number of imide groups is 2. The van der Waals surface area contributed by atoms with Crippen molar-refractivity contribution in [1.82, 2.24) is 5.32 Å². The van der Waals surface area contributed by atoms with Crippen LogP contribution in [0.4, 0.5) is 10.5 Å². The Morgan fingerprint density at radius 1 is 1.09 bits per heavy atom. The number of ether oxygens (including phenoxy) is 2. The van der Waals surface area contributed by atoms with Crippen LogP contribution in [-0.4, -0.2) is 31.1 Å². The van der Waals surface area contributed by atoms with Gasteiger partial charge in [0.05, 0.1) is 18.9 Å². The first-order valence-electron chi connectivity index (χ1n) is 10.5. The molecule has 0 spiro atoms. The zero-order valence-corrected chi connectivity index (χ0v) is 20.3. The van der Waals surface area contributed by atoms with E-state index in [9.17, 15) is 14.4 Å². The summed E-state index contributed by atoms with van der Waals surface area (Å²) in [6.07, 6.45) is 3.70. The van der Waals surface area contributed by atoms with Crippen molar-refractivity contribution in [3.8, 4) is 11.5 Å². The Balaban J connectivity index is 2.09. The Hall–Kier alpha value is -3.39. The fraction of sp³-hybridized carbons (Fsp3) is 0.240. The van der Waals surface area contributed by atoms with Crippen molar-refractivity contribution in [2.24, 2.45) is 0 Å². The molecule has 1 fully saturated rings. The van der Waals surface area contributed by atoms with Crippen LogP contribution in [-0.2, 0) is 16.0 Å². The fourth-order valence-corrected chi connectivity index (χ4v) is 3.72. The summed E-state index contributed by atoms with van der Waals surface area (Å²) >= 11 is 3.41. The summed E-state index contributed by atoms with van der Waals surface area (Å²) in [6, 6.07) is 7.80. The van der Waals surface area contributed by atoms with Gasteiger partial charge in [-0.2, -0.15) is 0 Å². The lowest BCUT2D eigenvalue weighted by atomic mass is 10.0. The van der Waals surface area contributed by atoms with E-state index in [0.717, 1.165) is 20.5 Å². The van der Waals surface area contributed by atoms with Gasteiger partial charge in [0.25, 0.3) is 11.8 Å². The van der Waals surface area contributed by atoms with E-state index in [1.54, 1.807) is 30.3 Å². The van der Waals surface area contributed by atoms with Crippen molar-refractivity contribution in [1.29, 1.82) is 0 Å². The molecule has 0 aromatic heterocycles. The summed E-state index contributed by atoms with van der Waals surface area (Å²) in [5, 5.41) is 2.25. The van der Waals surface area contributed by atoms with E-state index in [2.05, 4.69) is 27.8 Å². The number of nitrogens with one attached hydrogen (secondary N) is 1. The van der Waals surface area contributed by atoms with Gasteiger partial charge in [0.2, 0.25) is 0 Å².